The van der Waals surface area contributed by atoms with Crippen LogP contribution in [-0.2, 0) is 0 Å². The van der Waals surface area contributed by atoms with Crippen LogP contribution >= 0.6 is 11.3 Å². The number of aliphatic hydroxyl groups excluding tert-OH is 1. The predicted molar refractivity (Wildman–Crippen MR) is 112 cm³/mol. The van der Waals surface area contributed by atoms with Crippen molar-refractivity contribution in [3.05, 3.63) is 59.7 Å². The fourth-order valence-corrected chi connectivity index (χ4v) is 3.35. The number of hydrogen-bond donors (Lipinski definition) is 3. The van der Waals surface area contributed by atoms with Crippen LogP contribution in [0.3, 0.4) is 0 Å². The maximum Gasteiger partial charge on any atom is 0.257 e. The van der Waals surface area contributed by atoms with Crippen molar-refractivity contribution >= 4 is 22.4 Å². The van der Waals surface area contributed by atoms with Crippen LogP contribution in [0, 0.1) is 0 Å². The van der Waals surface area contributed by atoms with Crippen molar-refractivity contribution in [2.75, 3.05) is 11.9 Å². The average Bonchev–Trinajstić information content (AvgIpc) is 3.20. The van der Waals surface area contributed by atoms with Gasteiger partial charge in [0.15, 0.2) is 6.29 Å². The van der Waals surface area contributed by atoms with Gasteiger partial charge in [0.25, 0.3) is 5.91 Å². The van der Waals surface area contributed by atoms with E-state index in [0.717, 1.165) is 30.6 Å². The van der Waals surface area contributed by atoms with Gasteiger partial charge in [0.1, 0.15) is 10.8 Å². The first-order valence-electron chi connectivity index (χ1n) is 9.41. The molecule has 0 aliphatic rings. The van der Waals surface area contributed by atoms with Crippen molar-refractivity contribution in [1.82, 2.24) is 10.2 Å². The fraction of sp³-hybridized carbons (Fsp3) is 0.286. The minimum absolute atomic E-state index is 0.317. The van der Waals surface area contributed by atoms with Crippen LogP contribution in [0.2, 0.25) is 0 Å². The number of aliphatic hydroxyl groups is 2. The molecule has 0 spiro atoms. The number of carbonyl (C=O) groups is 1. The van der Waals surface area contributed by atoms with Gasteiger partial charge in [-0.05, 0) is 42.8 Å². The zero-order valence-corrected chi connectivity index (χ0v) is 16.9. The molecule has 1 heterocycles. The molecule has 152 valence electrons. The molecule has 1 aromatic heterocycles. The Hall–Kier alpha value is -2.81. The van der Waals surface area contributed by atoms with Gasteiger partial charge in [0.05, 0.1) is 6.61 Å². The molecule has 29 heavy (non-hydrogen) atoms. The number of aromatic nitrogens is 2. The first-order chi connectivity index (χ1) is 14.1. The summed E-state index contributed by atoms with van der Waals surface area (Å²) < 4.78 is 5.71. The summed E-state index contributed by atoms with van der Waals surface area (Å²) in [5.41, 5.74) is 1.60. The van der Waals surface area contributed by atoms with E-state index in [1.54, 1.807) is 0 Å². The Morgan fingerprint density at radius 3 is 2.45 bits per heavy atom. The average molecular weight is 413 g/mol. The molecule has 3 N–H and O–H groups in total. The maximum atomic E-state index is 12.3. The predicted octanol–water partition coefficient (Wildman–Crippen LogP) is 4.01. The second-order valence-corrected chi connectivity index (χ2v) is 7.42. The Morgan fingerprint density at radius 2 is 1.79 bits per heavy atom. The van der Waals surface area contributed by atoms with Crippen LogP contribution < -0.4 is 10.1 Å². The van der Waals surface area contributed by atoms with Crippen LogP contribution in [0.5, 0.6) is 5.75 Å². The third-order valence-electron chi connectivity index (χ3n) is 4.23. The molecule has 8 heteroatoms. The minimum Gasteiger partial charge on any atom is -0.494 e. The monoisotopic (exact) mass is 413 g/mol. The molecule has 0 fully saturated rings. The van der Waals surface area contributed by atoms with Crippen molar-refractivity contribution < 1.29 is 19.7 Å². The zero-order valence-electron chi connectivity index (χ0n) is 16.0. The van der Waals surface area contributed by atoms with Crippen LogP contribution in [0.1, 0.15) is 48.4 Å². The third kappa shape index (κ3) is 5.83. The lowest BCUT2D eigenvalue weighted by Crippen LogP contribution is -2.11. The van der Waals surface area contributed by atoms with Gasteiger partial charge in [-0.3, -0.25) is 10.1 Å². The van der Waals surface area contributed by atoms with E-state index < -0.39 is 6.29 Å². The highest BCUT2D eigenvalue weighted by molar-refractivity contribution is 7.18. The highest BCUT2D eigenvalue weighted by Gasteiger charge is 2.12. The highest BCUT2D eigenvalue weighted by atomic mass is 32.1. The summed E-state index contributed by atoms with van der Waals surface area (Å²) in [7, 11) is 0. The van der Waals surface area contributed by atoms with E-state index in [1.807, 2.05) is 24.3 Å². The van der Waals surface area contributed by atoms with Crippen LogP contribution in [-0.4, -0.2) is 32.9 Å². The van der Waals surface area contributed by atoms with Crippen LogP contribution in [0.15, 0.2) is 48.5 Å². The summed E-state index contributed by atoms with van der Waals surface area (Å²) in [5.74, 6) is 0.474. The van der Waals surface area contributed by atoms with Crippen molar-refractivity contribution in [2.45, 2.75) is 32.5 Å². The molecule has 0 atom stereocenters. The number of benzene rings is 2. The minimum atomic E-state index is -1.56. The van der Waals surface area contributed by atoms with Crippen LogP contribution in [0.25, 0.3) is 10.6 Å². The molecule has 0 saturated heterocycles. The van der Waals surface area contributed by atoms with Crippen molar-refractivity contribution in [3.63, 3.8) is 0 Å². The van der Waals surface area contributed by atoms with Crippen molar-refractivity contribution in [2.24, 2.45) is 0 Å². The quantitative estimate of drug-likeness (QED) is 0.362. The van der Waals surface area contributed by atoms with Gasteiger partial charge in [-0.25, -0.2) is 0 Å². The first-order valence-corrected chi connectivity index (χ1v) is 10.2. The summed E-state index contributed by atoms with van der Waals surface area (Å²) in [6.07, 6.45) is 1.80. The van der Waals surface area contributed by atoms with Gasteiger partial charge < -0.3 is 14.9 Å². The fourth-order valence-electron chi connectivity index (χ4n) is 2.60. The molecule has 3 aromatic rings. The number of amides is 1. The number of anilines is 1. The lowest BCUT2D eigenvalue weighted by molar-refractivity contribution is -0.0425. The largest absolute Gasteiger partial charge is 0.494 e. The van der Waals surface area contributed by atoms with Gasteiger partial charge in [0, 0.05) is 16.7 Å². The van der Waals surface area contributed by atoms with E-state index in [4.69, 9.17) is 14.9 Å². The smallest absolute Gasteiger partial charge is 0.257 e. The van der Waals surface area contributed by atoms with E-state index in [0.29, 0.717) is 27.9 Å². The molecule has 3 rings (SSSR count). The van der Waals surface area contributed by atoms with Gasteiger partial charge in [-0.2, -0.15) is 0 Å². The number of ether oxygens (including phenoxy) is 1. The first kappa shape index (κ1) is 20.9. The number of nitrogens with one attached hydrogen (secondary N) is 1. The molecular weight excluding hydrogens is 390 g/mol. The lowest BCUT2D eigenvalue weighted by Gasteiger charge is -2.06. The van der Waals surface area contributed by atoms with Crippen molar-refractivity contribution in [3.8, 4) is 16.3 Å². The number of nitrogens with zero attached hydrogens (tertiary/aromatic N) is 2. The molecule has 0 unspecified atom stereocenters. The molecule has 0 saturated carbocycles. The standard InChI is InChI=1S/C21H23N3O4S/c1-2-3-4-13-28-17-11-9-15(10-12-17)19-23-24-21(29-19)22-18(25)14-5-7-16(8-6-14)20(26)27/h5-12,20,26-27H,2-4,13H2,1H3,(H,22,24,25). The Morgan fingerprint density at radius 1 is 1.07 bits per heavy atom. The summed E-state index contributed by atoms with van der Waals surface area (Å²) in [4.78, 5) is 12.3. The molecule has 0 radical (unpaired) electrons. The lowest BCUT2D eigenvalue weighted by atomic mass is 10.1. The normalized spacial score (nSPS) is 10.9. The second-order valence-electron chi connectivity index (χ2n) is 6.44. The van der Waals surface area contributed by atoms with E-state index in [2.05, 4.69) is 22.4 Å². The Labute approximate surface area is 173 Å². The van der Waals surface area contributed by atoms with E-state index in [-0.39, 0.29) is 5.91 Å². The van der Waals surface area contributed by atoms with Gasteiger partial charge >= 0.3 is 0 Å². The maximum absolute atomic E-state index is 12.3. The number of rotatable bonds is 9. The van der Waals surface area contributed by atoms with Crippen LogP contribution in [0.4, 0.5) is 5.13 Å². The van der Waals surface area contributed by atoms with E-state index in [9.17, 15) is 4.79 Å². The van der Waals surface area contributed by atoms with Gasteiger partial charge in [-0.15, -0.1) is 10.2 Å². The molecule has 0 aliphatic heterocycles. The summed E-state index contributed by atoms with van der Waals surface area (Å²) >= 11 is 1.27. The van der Waals surface area contributed by atoms with E-state index >= 15 is 0 Å². The Bertz CT molecular complexity index is 924. The number of hydrogen-bond acceptors (Lipinski definition) is 7. The Kier molecular flexibility index (Phi) is 7.29. The molecule has 1 amide bonds. The second kappa shape index (κ2) is 10.1. The highest BCUT2D eigenvalue weighted by Crippen LogP contribution is 2.28. The molecule has 0 aliphatic carbocycles. The summed E-state index contributed by atoms with van der Waals surface area (Å²) in [5, 5.41) is 30.2. The molecule has 2 aromatic carbocycles. The third-order valence-corrected chi connectivity index (χ3v) is 5.12. The topological polar surface area (TPSA) is 105 Å². The van der Waals surface area contributed by atoms with Gasteiger partial charge in [0.2, 0.25) is 5.13 Å². The number of unbranched alkanes of at least 4 members (excludes halogenated alkanes) is 2. The van der Waals surface area contributed by atoms with E-state index in [1.165, 1.54) is 35.6 Å². The SMILES string of the molecule is CCCCCOc1ccc(-c2nnc(NC(=O)c3ccc(C(O)O)cc3)s2)cc1. The van der Waals surface area contributed by atoms with Gasteiger partial charge in [-0.1, -0.05) is 43.2 Å². The summed E-state index contributed by atoms with van der Waals surface area (Å²) in [6.45, 7) is 2.87. The molecule has 0 bridgehead atoms. The molecular formula is C21H23N3O4S. The summed E-state index contributed by atoms with van der Waals surface area (Å²) in [6, 6.07) is 13.6. The number of carbonyl (C=O) groups excluding carboxylic acids is 1. The molecule has 7 nitrogen and oxygen atoms in total. The Balaban J connectivity index is 1.59. The zero-order chi connectivity index (χ0) is 20.6. The van der Waals surface area contributed by atoms with Crippen molar-refractivity contribution in [1.29, 1.82) is 0 Å².